The van der Waals surface area contributed by atoms with E-state index in [1.165, 1.54) is 11.6 Å². The topological polar surface area (TPSA) is 77.8 Å². The van der Waals surface area contributed by atoms with Crippen LogP contribution in [0.5, 0.6) is 5.75 Å². The first-order chi connectivity index (χ1) is 9.87. The zero-order chi connectivity index (χ0) is 15.5. The first kappa shape index (κ1) is 15.8. The quantitative estimate of drug-likeness (QED) is 0.741. The van der Waals surface area contributed by atoms with E-state index in [-0.39, 0.29) is 11.3 Å². The maximum absolute atomic E-state index is 11.1. The Hall–Kier alpha value is -1.61. The van der Waals surface area contributed by atoms with Crippen molar-refractivity contribution in [3.05, 3.63) is 64.7 Å². The van der Waals surface area contributed by atoms with E-state index in [0.29, 0.717) is 6.42 Å². The van der Waals surface area contributed by atoms with Crippen molar-refractivity contribution in [2.75, 3.05) is 0 Å². The van der Waals surface area contributed by atoms with Crippen molar-refractivity contribution >= 4 is 7.60 Å². The smallest absolute Gasteiger partial charge is 0.330 e. The molecule has 0 aromatic heterocycles. The summed E-state index contributed by atoms with van der Waals surface area (Å²) >= 11 is 0. The third-order valence-electron chi connectivity index (χ3n) is 3.36. The molecular formula is C16H19O4P. The highest BCUT2D eigenvalue weighted by molar-refractivity contribution is 7.50. The van der Waals surface area contributed by atoms with Crippen LogP contribution >= 0.6 is 7.60 Å². The minimum Gasteiger partial charge on any atom is -0.508 e. The van der Waals surface area contributed by atoms with Gasteiger partial charge in [-0.2, -0.15) is 0 Å². The lowest BCUT2D eigenvalue weighted by Gasteiger charge is -2.09. The van der Waals surface area contributed by atoms with Crippen LogP contribution < -0.4 is 0 Å². The average Bonchev–Trinajstić information content (AvgIpc) is 2.42. The van der Waals surface area contributed by atoms with Crippen LogP contribution in [0.3, 0.4) is 0 Å². The molecule has 0 aliphatic rings. The lowest BCUT2D eigenvalue weighted by atomic mass is 10.0. The Balaban J connectivity index is 2.20. The molecule has 0 spiro atoms. The number of aryl methyl sites for hydroxylation is 1. The van der Waals surface area contributed by atoms with Crippen LogP contribution in [0.15, 0.2) is 42.5 Å². The molecule has 0 heterocycles. The van der Waals surface area contributed by atoms with Gasteiger partial charge in [-0.05, 0) is 35.6 Å². The maximum atomic E-state index is 11.1. The largest absolute Gasteiger partial charge is 0.508 e. The SMILES string of the molecule is CCc1ccc(Cc2ccc(O)c(CP(=O)(O)O)c2)cc1. The summed E-state index contributed by atoms with van der Waals surface area (Å²) in [7, 11) is -4.19. The molecule has 0 unspecified atom stereocenters. The van der Waals surface area contributed by atoms with Gasteiger partial charge in [0.05, 0.1) is 6.16 Å². The number of hydrogen-bond donors (Lipinski definition) is 3. The number of aromatic hydroxyl groups is 1. The Kier molecular flexibility index (Phi) is 4.84. The van der Waals surface area contributed by atoms with Gasteiger partial charge in [-0.3, -0.25) is 4.57 Å². The zero-order valence-corrected chi connectivity index (χ0v) is 12.8. The molecule has 0 aliphatic carbocycles. The molecule has 0 atom stereocenters. The molecule has 2 rings (SSSR count). The van der Waals surface area contributed by atoms with Gasteiger partial charge < -0.3 is 14.9 Å². The van der Waals surface area contributed by atoms with Gasteiger partial charge in [-0.15, -0.1) is 0 Å². The molecule has 0 radical (unpaired) electrons. The molecule has 2 aromatic carbocycles. The van der Waals surface area contributed by atoms with E-state index >= 15 is 0 Å². The van der Waals surface area contributed by atoms with Crippen LogP contribution in [-0.4, -0.2) is 14.9 Å². The normalized spacial score (nSPS) is 11.6. The fourth-order valence-electron chi connectivity index (χ4n) is 2.23. The van der Waals surface area contributed by atoms with Gasteiger partial charge in [-0.1, -0.05) is 43.3 Å². The second-order valence-electron chi connectivity index (χ2n) is 5.13. The van der Waals surface area contributed by atoms with Gasteiger partial charge in [0.15, 0.2) is 0 Å². The molecule has 0 bridgehead atoms. The lowest BCUT2D eigenvalue weighted by Crippen LogP contribution is -1.93. The molecule has 2 aromatic rings. The fourth-order valence-corrected chi connectivity index (χ4v) is 2.92. The summed E-state index contributed by atoms with van der Waals surface area (Å²) < 4.78 is 11.1. The average molecular weight is 306 g/mol. The molecule has 0 saturated heterocycles. The number of benzene rings is 2. The van der Waals surface area contributed by atoms with Crippen molar-refractivity contribution in [2.24, 2.45) is 0 Å². The van der Waals surface area contributed by atoms with Crippen molar-refractivity contribution in [3.8, 4) is 5.75 Å². The first-order valence-corrected chi connectivity index (χ1v) is 8.60. The van der Waals surface area contributed by atoms with Crippen LogP contribution in [0.25, 0.3) is 0 Å². The monoisotopic (exact) mass is 306 g/mol. The Morgan fingerprint density at radius 2 is 1.52 bits per heavy atom. The van der Waals surface area contributed by atoms with Gasteiger partial charge in [-0.25, -0.2) is 0 Å². The predicted molar refractivity (Wildman–Crippen MR) is 82.5 cm³/mol. The third-order valence-corrected chi connectivity index (χ3v) is 4.11. The standard InChI is InChI=1S/C16H19O4P/c1-2-12-3-5-13(6-4-12)9-14-7-8-16(17)15(10-14)11-21(18,19)20/h3-8,10,17H,2,9,11H2,1H3,(H2,18,19,20). The minimum absolute atomic E-state index is 0.0802. The molecule has 0 amide bonds. The van der Waals surface area contributed by atoms with E-state index in [2.05, 4.69) is 19.1 Å². The molecule has 0 aliphatic heterocycles. The van der Waals surface area contributed by atoms with E-state index in [0.717, 1.165) is 17.5 Å². The van der Waals surface area contributed by atoms with Crippen molar-refractivity contribution in [1.82, 2.24) is 0 Å². The van der Waals surface area contributed by atoms with Gasteiger partial charge in [0.25, 0.3) is 0 Å². The van der Waals surface area contributed by atoms with Crippen LogP contribution in [0, 0.1) is 0 Å². The Labute approximate surface area is 124 Å². The third kappa shape index (κ3) is 4.71. The fraction of sp³-hybridized carbons (Fsp3) is 0.250. The first-order valence-electron chi connectivity index (χ1n) is 6.80. The molecule has 5 heteroatoms. The molecule has 3 N–H and O–H groups in total. The number of phenols is 1. The van der Waals surface area contributed by atoms with Crippen LogP contribution in [0.2, 0.25) is 0 Å². The van der Waals surface area contributed by atoms with E-state index in [9.17, 15) is 9.67 Å². The van der Waals surface area contributed by atoms with Crippen molar-refractivity contribution in [2.45, 2.75) is 25.9 Å². The van der Waals surface area contributed by atoms with Crippen molar-refractivity contribution in [3.63, 3.8) is 0 Å². The Morgan fingerprint density at radius 3 is 2.10 bits per heavy atom. The second kappa shape index (κ2) is 6.44. The van der Waals surface area contributed by atoms with Crippen molar-refractivity contribution in [1.29, 1.82) is 0 Å². The Morgan fingerprint density at radius 1 is 0.952 bits per heavy atom. The van der Waals surface area contributed by atoms with Gasteiger partial charge >= 0.3 is 7.60 Å². The summed E-state index contributed by atoms with van der Waals surface area (Å²) in [5.41, 5.74) is 3.60. The summed E-state index contributed by atoms with van der Waals surface area (Å²) in [6.45, 7) is 2.10. The van der Waals surface area contributed by atoms with Crippen LogP contribution in [0.1, 0.15) is 29.2 Å². The summed E-state index contributed by atoms with van der Waals surface area (Å²) in [4.78, 5) is 18.1. The molecule has 112 valence electrons. The number of rotatable bonds is 5. The molecule has 21 heavy (non-hydrogen) atoms. The number of phenolic OH excluding ortho intramolecular Hbond substituents is 1. The second-order valence-corrected chi connectivity index (χ2v) is 6.78. The van der Waals surface area contributed by atoms with Gasteiger partial charge in [0.2, 0.25) is 0 Å². The van der Waals surface area contributed by atoms with E-state index in [4.69, 9.17) is 9.79 Å². The number of hydrogen-bond acceptors (Lipinski definition) is 2. The highest BCUT2D eigenvalue weighted by atomic mass is 31.2. The molecule has 4 nitrogen and oxygen atoms in total. The van der Waals surface area contributed by atoms with Gasteiger partial charge in [0.1, 0.15) is 5.75 Å². The highest BCUT2D eigenvalue weighted by Crippen LogP contribution is 2.41. The Bertz CT molecular complexity index is 658. The zero-order valence-electron chi connectivity index (χ0n) is 11.9. The summed E-state index contributed by atoms with van der Waals surface area (Å²) in [5, 5.41) is 9.69. The molecule has 0 saturated carbocycles. The van der Waals surface area contributed by atoms with E-state index < -0.39 is 13.8 Å². The van der Waals surface area contributed by atoms with E-state index in [1.54, 1.807) is 12.1 Å². The van der Waals surface area contributed by atoms with Gasteiger partial charge in [0, 0.05) is 5.56 Å². The predicted octanol–water partition coefficient (Wildman–Crippen LogP) is 3.22. The van der Waals surface area contributed by atoms with E-state index in [1.807, 2.05) is 12.1 Å². The van der Waals surface area contributed by atoms with Crippen LogP contribution in [0.4, 0.5) is 0 Å². The maximum Gasteiger partial charge on any atom is 0.330 e. The van der Waals surface area contributed by atoms with Crippen LogP contribution in [-0.2, 0) is 23.6 Å². The summed E-state index contributed by atoms with van der Waals surface area (Å²) in [6, 6.07) is 13.2. The van der Waals surface area contributed by atoms with Crippen molar-refractivity contribution < 1.29 is 19.5 Å². The summed E-state index contributed by atoms with van der Waals surface area (Å²) in [5.74, 6) is -0.0802. The highest BCUT2D eigenvalue weighted by Gasteiger charge is 2.17. The molecule has 0 fully saturated rings. The minimum atomic E-state index is -4.19. The summed E-state index contributed by atoms with van der Waals surface area (Å²) in [6.07, 6.45) is 1.21. The lowest BCUT2D eigenvalue weighted by molar-refractivity contribution is 0.370. The molecular weight excluding hydrogens is 287 g/mol.